The second-order valence-corrected chi connectivity index (χ2v) is 8.17. The summed E-state index contributed by atoms with van der Waals surface area (Å²) < 4.78 is 5.77. The SMILES string of the molecule is CC(C)CCNC(=O)C1CCC(C(=O)Nc2ccccc2OC(C)C)CC1. The molecule has 0 heterocycles. The van der Waals surface area contributed by atoms with Gasteiger partial charge in [0.25, 0.3) is 0 Å². The van der Waals surface area contributed by atoms with Crippen LogP contribution in [0, 0.1) is 17.8 Å². The first-order chi connectivity index (χ1) is 12.9. The zero-order valence-electron chi connectivity index (χ0n) is 17.1. The standard InChI is InChI=1S/C22H34N2O3/c1-15(2)13-14-23-21(25)17-9-11-18(12-10-17)22(26)24-19-7-5-6-8-20(19)27-16(3)4/h5-8,15-18H,9-14H2,1-4H3,(H,23,25)(H,24,26). The van der Waals surface area contributed by atoms with E-state index >= 15 is 0 Å². The van der Waals surface area contributed by atoms with Crippen LogP contribution in [0.15, 0.2) is 24.3 Å². The Bertz CT molecular complexity index is 620. The predicted molar refractivity (Wildman–Crippen MR) is 109 cm³/mol. The van der Waals surface area contributed by atoms with Crippen molar-refractivity contribution >= 4 is 17.5 Å². The summed E-state index contributed by atoms with van der Waals surface area (Å²) in [5.74, 6) is 1.44. The number of carbonyl (C=O) groups excluding carboxylic acids is 2. The molecule has 0 saturated heterocycles. The third-order valence-electron chi connectivity index (χ3n) is 5.00. The van der Waals surface area contributed by atoms with Gasteiger partial charge in [0.2, 0.25) is 11.8 Å². The minimum atomic E-state index is -0.0446. The van der Waals surface area contributed by atoms with Gasteiger partial charge in [0.05, 0.1) is 11.8 Å². The van der Waals surface area contributed by atoms with Crippen molar-refractivity contribution in [1.29, 1.82) is 0 Å². The van der Waals surface area contributed by atoms with Crippen LogP contribution in [0.4, 0.5) is 5.69 Å². The maximum absolute atomic E-state index is 12.7. The van der Waals surface area contributed by atoms with E-state index in [-0.39, 0.29) is 29.8 Å². The van der Waals surface area contributed by atoms with E-state index in [1.807, 2.05) is 38.1 Å². The molecule has 5 nitrogen and oxygen atoms in total. The molecule has 2 N–H and O–H groups in total. The minimum absolute atomic E-state index is 0.0217. The van der Waals surface area contributed by atoms with Gasteiger partial charge in [-0.15, -0.1) is 0 Å². The second kappa shape index (κ2) is 10.3. The van der Waals surface area contributed by atoms with E-state index in [0.29, 0.717) is 17.4 Å². The van der Waals surface area contributed by atoms with Crippen molar-refractivity contribution in [2.75, 3.05) is 11.9 Å². The maximum atomic E-state index is 12.7. The number of rotatable bonds is 8. The van der Waals surface area contributed by atoms with Crippen molar-refractivity contribution in [2.45, 2.75) is 65.9 Å². The Morgan fingerprint density at radius 3 is 2.19 bits per heavy atom. The predicted octanol–water partition coefficient (Wildman–Crippen LogP) is 4.38. The Kier molecular flexibility index (Phi) is 8.14. The molecule has 0 unspecified atom stereocenters. The quantitative estimate of drug-likeness (QED) is 0.709. The number of benzene rings is 1. The number of para-hydroxylation sites is 2. The molecule has 1 saturated carbocycles. The van der Waals surface area contributed by atoms with Gasteiger partial charge >= 0.3 is 0 Å². The lowest BCUT2D eigenvalue weighted by molar-refractivity contribution is -0.128. The van der Waals surface area contributed by atoms with E-state index in [4.69, 9.17) is 4.74 Å². The third kappa shape index (κ3) is 6.89. The summed E-state index contributed by atoms with van der Waals surface area (Å²) in [4.78, 5) is 24.9. The molecule has 27 heavy (non-hydrogen) atoms. The zero-order valence-corrected chi connectivity index (χ0v) is 17.1. The molecule has 1 aromatic rings. The summed E-state index contributed by atoms with van der Waals surface area (Å²) in [5.41, 5.74) is 0.713. The molecular formula is C22H34N2O3. The molecule has 0 atom stereocenters. The van der Waals surface area contributed by atoms with Gasteiger partial charge in [-0.05, 0) is 64.0 Å². The first-order valence-electron chi connectivity index (χ1n) is 10.2. The lowest BCUT2D eigenvalue weighted by Gasteiger charge is -2.27. The van der Waals surface area contributed by atoms with Crippen molar-refractivity contribution in [3.63, 3.8) is 0 Å². The molecule has 1 aromatic carbocycles. The van der Waals surface area contributed by atoms with Gasteiger partial charge in [0.1, 0.15) is 5.75 Å². The first kappa shape index (κ1) is 21.3. The molecule has 0 radical (unpaired) electrons. The van der Waals surface area contributed by atoms with Crippen molar-refractivity contribution in [2.24, 2.45) is 17.8 Å². The number of hydrogen-bond donors (Lipinski definition) is 2. The van der Waals surface area contributed by atoms with Crippen LogP contribution >= 0.6 is 0 Å². The van der Waals surface area contributed by atoms with Crippen molar-refractivity contribution in [1.82, 2.24) is 5.32 Å². The Labute approximate surface area is 163 Å². The van der Waals surface area contributed by atoms with Crippen molar-refractivity contribution in [3.05, 3.63) is 24.3 Å². The summed E-state index contributed by atoms with van der Waals surface area (Å²) in [7, 11) is 0. The van der Waals surface area contributed by atoms with Crippen molar-refractivity contribution in [3.8, 4) is 5.75 Å². The summed E-state index contributed by atoms with van der Waals surface area (Å²) in [6, 6.07) is 7.52. The fraction of sp³-hybridized carbons (Fsp3) is 0.636. The highest BCUT2D eigenvalue weighted by Crippen LogP contribution is 2.31. The molecule has 150 valence electrons. The van der Waals surface area contributed by atoms with Gasteiger partial charge in [-0.1, -0.05) is 26.0 Å². The number of amides is 2. The number of anilines is 1. The van der Waals surface area contributed by atoms with Gasteiger partial charge in [0.15, 0.2) is 0 Å². The highest BCUT2D eigenvalue weighted by Gasteiger charge is 2.30. The smallest absolute Gasteiger partial charge is 0.227 e. The van der Waals surface area contributed by atoms with Crippen LogP contribution < -0.4 is 15.4 Å². The van der Waals surface area contributed by atoms with Gasteiger partial charge in [0, 0.05) is 18.4 Å². The number of hydrogen-bond acceptors (Lipinski definition) is 3. The summed E-state index contributed by atoms with van der Waals surface area (Å²) >= 11 is 0. The fourth-order valence-electron chi connectivity index (χ4n) is 3.41. The monoisotopic (exact) mass is 374 g/mol. The van der Waals surface area contributed by atoms with Crippen LogP contribution in [-0.4, -0.2) is 24.5 Å². The average molecular weight is 375 g/mol. The topological polar surface area (TPSA) is 67.4 Å². The van der Waals surface area contributed by atoms with Crippen LogP contribution in [0.2, 0.25) is 0 Å². The van der Waals surface area contributed by atoms with Crippen LogP contribution in [0.25, 0.3) is 0 Å². The molecular weight excluding hydrogens is 340 g/mol. The zero-order chi connectivity index (χ0) is 19.8. The Morgan fingerprint density at radius 1 is 1.00 bits per heavy atom. The summed E-state index contributed by atoms with van der Waals surface area (Å²) in [5, 5.41) is 6.05. The molecule has 1 aliphatic rings. The van der Waals surface area contributed by atoms with Gasteiger partial charge < -0.3 is 15.4 Å². The number of ether oxygens (including phenoxy) is 1. The van der Waals surface area contributed by atoms with Crippen LogP contribution in [-0.2, 0) is 9.59 Å². The molecule has 0 spiro atoms. The Morgan fingerprint density at radius 2 is 1.59 bits per heavy atom. The normalized spacial score (nSPS) is 19.8. The average Bonchev–Trinajstić information content (AvgIpc) is 2.62. The van der Waals surface area contributed by atoms with Crippen LogP contribution in [0.5, 0.6) is 5.75 Å². The number of nitrogens with one attached hydrogen (secondary N) is 2. The maximum Gasteiger partial charge on any atom is 0.227 e. The van der Waals surface area contributed by atoms with E-state index in [2.05, 4.69) is 24.5 Å². The Hall–Kier alpha value is -2.04. The van der Waals surface area contributed by atoms with Crippen LogP contribution in [0.1, 0.15) is 59.8 Å². The molecule has 0 aliphatic heterocycles. The summed E-state index contributed by atoms with van der Waals surface area (Å²) in [6.07, 6.45) is 4.10. The Balaban J connectivity index is 1.82. The highest BCUT2D eigenvalue weighted by atomic mass is 16.5. The van der Waals surface area contributed by atoms with E-state index in [0.717, 1.165) is 38.6 Å². The van der Waals surface area contributed by atoms with Crippen LogP contribution in [0.3, 0.4) is 0 Å². The van der Waals surface area contributed by atoms with E-state index in [1.165, 1.54) is 0 Å². The minimum Gasteiger partial charge on any atom is -0.489 e. The molecule has 0 bridgehead atoms. The molecule has 5 heteroatoms. The largest absolute Gasteiger partial charge is 0.489 e. The number of carbonyl (C=O) groups is 2. The summed E-state index contributed by atoms with van der Waals surface area (Å²) in [6.45, 7) is 8.97. The molecule has 0 aromatic heterocycles. The van der Waals surface area contributed by atoms with Gasteiger partial charge in [-0.25, -0.2) is 0 Å². The van der Waals surface area contributed by atoms with Gasteiger partial charge in [-0.3, -0.25) is 9.59 Å². The third-order valence-corrected chi connectivity index (χ3v) is 5.00. The van der Waals surface area contributed by atoms with Gasteiger partial charge in [-0.2, -0.15) is 0 Å². The molecule has 2 amide bonds. The van der Waals surface area contributed by atoms with E-state index in [9.17, 15) is 9.59 Å². The lowest BCUT2D eigenvalue weighted by Crippen LogP contribution is -2.36. The second-order valence-electron chi connectivity index (χ2n) is 8.17. The fourth-order valence-corrected chi connectivity index (χ4v) is 3.41. The molecule has 2 rings (SSSR count). The van der Waals surface area contributed by atoms with Crippen molar-refractivity contribution < 1.29 is 14.3 Å². The van der Waals surface area contributed by atoms with E-state index in [1.54, 1.807) is 0 Å². The highest BCUT2D eigenvalue weighted by molar-refractivity contribution is 5.94. The first-order valence-corrected chi connectivity index (χ1v) is 10.2. The molecule has 1 aliphatic carbocycles. The molecule has 1 fully saturated rings. The lowest BCUT2D eigenvalue weighted by atomic mass is 9.81. The van der Waals surface area contributed by atoms with E-state index < -0.39 is 0 Å².